The van der Waals surface area contributed by atoms with Gasteiger partial charge < -0.3 is 4.74 Å². The fourth-order valence-corrected chi connectivity index (χ4v) is 1.78. The maximum atomic E-state index is 11.6. The lowest BCUT2D eigenvalue weighted by Crippen LogP contribution is -2.18. The van der Waals surface area contributed by atoms with Crippen molar-refractivity contribution in [3.63, 3.8) is 0 Å². The van der Waals surface area contributed by atoms with Gasteiger partial charge >= 0.3 is 5.97 Å². The fourth-order valence-electron chi connectivity index (χ4n) is 1.78. The summed E-state index contributed by atoms with van der Waals surface area (Å²) in [6.07, 6.45) is 4.97. The average molecular weight is 262 g/mol. The Morgan fingerprint density at radius 3 is 2.47 bits per heavy atom. The molecule has 1 aromatic carbocycles. The van der Waals surface area contributed by atoms with E-state index in [2.05, 4.69) is 6.92 Å². The first-order chi connectivity index (χ1) is 9.24. The van der Waals surface area contributed by atoms with E-state index in [0.717, 1.165) is 31.2 Å². The predicted molar refractivity (Wildman–Crippen MR) is 74.9 cm³/mol. The van der Waals surface area contributed by atoms with Crippen LogP contribution in [0.2, 0.25) is 0 Å². The van der Waals surface area contributed by atoms with Crippen LogP contribution in [0.5, 0.6) is 0 Å². The first kappa shape index (κ1) is 15.4. The van der Waals surface area contributed by atoms with Gasteiger partial charge in [-0.25, -0.2) is 4.79 Å². The molecule has 1 rings (SSSR count). The molecule has 0 atom stereocenters. The lowest BCUT2D eigenvalue weighted by molar-refractivity contribution is -0.154. The van der Waals surface area contributed by atoms with Gasteiger partial charge in [0.25, 0.3) is 0 Å². The maximum absolute atomic E-state index is 11.6. The van der Waals surface area contributed by atoms with Crippen molar-refractivity contribution in [1.82, 2.24) is 0 Å². The zero-order valence-electron chi connectivity index (χ0n) is 11.6. The molecular formula is C16H22O3. The summed E-state index contributed by atoms with van der Waals surface area (Å²) < 4.78 is 4.95. The highest BCUT2D eigenvalue weighted by Gasteiger charge is 2.14. The van der Waals surface area contributed by atoms with Crippen LogP contribution in [0.1, 0.15) is 44.6 Å². The molecule has 0 unspecified atom stereocenters. The molecule has 0 heterocycles. The summed E-state index contributed by atoms with van der Waals surface area (Å²) >= 11 is 0. The van der Waals surface area contributed by atoms with E-state index in [1.165, 1.54) is 0 Å². The first-order valence-corrected chi connectivity index (χ1v) is 6.98. The highest BCUT2D eigenvalue weighted by atomic mass is 16.5. The molecule has 3 nitrogen and oxygen atoms in total. The van der Waals surface area contributed by atoms with Crippen LogP contribution < -0.4 is 0 Å². The van der Waals surface area contributed by atoms with Gasteiger partial charge in [0, 0.05) is 6.42 Å². The molecule has 104 valence electrons. The molecule has 0 fully saturated rings. The standard InChI is InChI=1S/C16H22O3/c1-2-3-4-8-13-19-16(18)15(17)12-11-14-9-6-5-7-10-14/h5-7,9-10H,2-4,8,11-13H2,1H3. The average Bonchev–Trinajstić information content (AvgIpc) is 2.45. The molecule has 3 heteroatoms. The Morgan fingerprint density at radius 1 is 1.05 bits per heavy atom. The van der Waals surface area contributed by atoms with Crippen molar-refractivity contribution in [3.05, 3.63) is 35.9 Å². The molecule has 0 radical (unpaired) electrons. The Hall–Kier alpha value is -1.64. The maximum Gasteiger partial charge on any atom is 0.374 e. The van der Waals surface area contributed by atoms with E-state index >= 15 is 0 Å². The number of hydrogen-bond donors (Lipinski definition) is 0. The molecule has 0 amide bonds. The zero-order chi connectivity index (χ0) is 13.9. The van der Waals surface area contributed by atoms with Crippen LogP contribution in [0, 0.1) is 0 Å². The second kappa shape index (κ2) is 9.31. The van der Waals surface area contributed by atoms with Crippen LogP contribution in [0.25, 0.3) is 0 Å². The molecule has 0 N–H and O–H groups in total. The van der Waals surface area contributed by atoms with E-state index in [9.17, 15) is 9.59 Å². The third-order valence-electron chi connectivity index (χ3n) is 2.94. The number of unbranched alkanes of at least 4 members (excludes halogenated alkanes) is 3. The van der Waals surface area contributed by atoms with Gasteiger partial charge in [0.05, 0.1) is 6.61 Å². The van der Waals surface area contributed by atoms with Gasteiger partial charge in [0.1, 0.15) is 0 Å². The van der Waals surface area contributed by atoms with E-state index in [1.807, 2.05) is 30.3 Å². The number of carbonyl (C=O) groups is 2. The van der Waals surface area contributed by atoms with Gasteiger partial charge in [-0.2, -0.15) is 0 Å². The third-order valence-corrected chi connectivity index (χ3v) is 2.94. The van der Waals surface area contributed by atoms with Gasteiger partial charge in [-0.05, 0) is 18.4 Å². The van der Waals surface area contributed by atoms with Crippen LogP contribution in [0.3, 0.4) is 0 Å². The number of ketones is 1. The number of hydrogen-bond acceptors (Lipinski definition) is 3. The second-order valence-electron chi connectivity index (χ2n) is 4.61. The summed E-state index contributed by atoms with van der Waals surface area (Å²) in [6, 6.07) is 9.67. The fraction of sp³-hybridized carbons (Fsp3) is 0.500. The zero-order valence-corrected chi connectivity index (χ0v) is 11.6. The largest absolute Gasteiger partial charge is 0.460 e. The Balaban J connectivity index is 2.16. The van der Waals surface area contributed by atoms with Crippen LogP contribution >= 0.6 is 0 Å². The lowest BCUT2D eigenvalue weighted by atomic mass is 10.1. The monoisotopic (exact) mass is 262 g/mol. The Kier molecular flexibility index (Phi) is 7.56. The summed E-state index contributed by atoms with van der Waals surface area (Å²) in [5.74, 6) is -1.12. The summed E-state index contributed by atoms with van der Waals surface area (Å²) in [5.41, 5.74) is 1.06. The minimum absolute atomic E-state index is 0.220. The van der Waals surface area contributed by atoms with Gasteiger partial charge in [-0.15, -0.1) is 0 Å². The Bertz CT molecular complexity index is 384. The number of Topliss-reactive ketones (excluding diaryl/α,β-unsaturated/α-hetero) is 1. The normalized spacial score (nSPS) is 10.2. The number of aryl methyl sites for hydroxylation is 1. The van der Waals surface area contributed by atoms with Gasteiger partial charge in [0.2, 0.25) is 5.78 Å². The molecule has 0 spiro atoms. The van der Waals surface area contributed by atoms with Crippen molar-refractivity contribution in [2.45, 2.75) is 45.4 Å². The highest BCUT2D eigenvalue weighted by Crippen LogP contribution is 2.04. The smallest absolute Gasteiger partial charge is 0.374 e. The van der Waals surface area contributed by atoms with Crippen molar-refractivity contribution < 1.29 is 14.3 Å². The minimum atomic E-state index is -0.688. The minimum Gasteiger partial charge on any atom is -0.460 e. The van der Waals surface area contributed by atoms with E-state index in [-0.39, 0.29) is 6.42 Å². The van der Waals surface area contributed by atoms with Crippen LogP contribution in [-0.2, 0) is 20.7 Å². The molecule has 0 aromatic heterocycles. The number of esters is 1. The van der Waals surface area contributed by atoms with Gasteiger partial charge in [0.15, 0.2) is 0 Å². The van der Waals surface area contributed by atoms with Crippen molar-refractivity contribution in [2.75, 3.05) is 6.61 Å². The third kappa shape index (κ3) is 6.75. The van der Waals surface area contributed by atoms with Crippen molar-refractivity contribution in [3.8, 4) is 0 Å². The lowest BCUT2D eigenvalue weighted by Gasteiger charge is -2.04. The first-order valence-electron chi connectivity index (χ1n) is 6.98. The summed E-state index contributed by atoms with van der Waals surface area (Å²) in [4.78, 5) is 23.0. The molecule has 0 bridgehead atoms. The van der Waals surface area contributed by atoms with E-state index in [0.29, 0.717) is 13.0 Å². The predicted octanol–water partition coefficient (Wildman–Crippen LogP) is 3.31. The molecular weight excluding hydrogens is 240 g/mol. The highest BCUT2D eigenvalue weighted by molar-refractivity contribution is 6.33. The van der Waals surface area contributed by atoms with Crippen LogP contribution in [0.4, 0.5) is 0 Å². The molecule has 0 aliphatic rings. The van der Waals surface area contributed by atoms with Crippen molar-refractivity contribution in [2.24, 2.45) is 0 Å². The molecule has 1 aromatic rings. The van der Waals surface area contributed by atoms with Crippen LogP contribution in [-0.4, -0.2) is 18.4 Å². The molecule has 0 aliphatic carbocycles. The van der Waals surface area contributed by atoms with Gasteiger partial charge in [-0.1, -0.05) is 56.5 Å². The SMILES string of the molecule is CCCCCCOC(=O)C(=O)CCc1ccccc1. The molecule has 19 heavy (non-hydrogen) atoms. The van der Waals surface area contributed by atoms with E-state index in [1.54, 1.807) is 0 Å². The Morgan fingerprint density at radius 2 is 1.79 bits per heavy atom. The van der Waals surface area contributed by atoms with Crippen LogP contribution in [0.15, 0.2) is 30.3 Å². The van der Waals surface area contributed by atoms with E-state index < -0.39 is 11.8 Å². The van der Waals surface area contributed by atoms with Crippen molar-refractivity contribution in [1.29, 1.82) is 0 Å². The van der Waals surface area contributed by atoms with Gasteiger partial charge in [-0.3, -0.25) is 4.79 Å². The number of benzene rings is 1. The topological polar surface area (TPSA) is 43.4 Å². The van der Waals surface area contributed by atoms with Crippen molar-refractivity contribution >= 4 is 11.8 Å². The summed E-state index contributed by atoms with van der Waals surface area (Å²) in [6.45, 7) is 2.48. The number of rotatable bonds is 9. The number of carbonyl (C=O) groups excluding carboxylic acids is 2. The quantitative estimate of drug-likeness (QED) is 0.389. The molecule has 0 aliphatic heterocycles. The summed E-state index contributed by atoms with van der Waals surface area (Å²) in [7, 11) is 0. The number of ether oxygens (including phenoxy) is 1. The second-order valence-corrected chi connectivity index (χ2v) is 4.61. The Labute approximate surface area is 115 Å². The summed E-state index contributed by atoms with van der Waals surface area (Å²) in [5, 5.41) is 0. The van der Waals surface area contributed by atoms with E-state index in [4.69, 9.17) is 4.74 Å². The molecule has 0 saturated heterocycles. The molecule has 0 saturated carbocycles.